The first-order chi connectivity index (χ1) is 11.4. The Hall–Kier alpha value is -2.57. The molecule has 4 N–H and O–H groups in total. The van der Waals surface area contributed by atoms with Crippen LogP contribution in [-0.4, -0.2) is 35.6 Å². The van der Waals surface area contributed by atoms with Gasteiger partial charge in [0.15, 0.2) is 0 Å². The quantitative estimate of drug-likeness (QED) is 0.561. The number of hydrogen-bond acceptors (Lipinski definition) is 5. The van der Waals surface area contributed by atoms with E-state index in [9.17, 15) is 19.5 Å². The van der Waals surface area contributed by atoms with Gasteiger partial charge in [0.1, 0.15) is 6.04 Å². The molecule has 0 aromatic heterocycles. The van der Waals surface area contributed by atoms with Gasteiger partial charge in [-0.3, -0.25) is 9.59 Å². The molecule has 132 valence electrons. The minimum atomic E-state index is -1.06. The van der Waals surface area contributed by atoms with E-state index in [1.807, 2.05) is 6.92 Å². The fourth-order valence-electron chi connectivity index (χ4n) is 2.34. The number of primary amides is 1. The van der Waals surface area contributed by atoms with Crippen molar-refractivity contribution in [2.45, 2.75) is 45.1 Å². The summed E-state index contributed by atoms with van der Waals surface area (Å²) in [6.45, 7) is 3.99. The van der Waals surface area contributed by atoms with Crippen molar-refractivity contribution in [1.29, 1.82) is 0 Å². The van der Waals surface area contributed by atoms with Crippen molar-refractivity contribution in [3.63, 3.8) is 0 Å². The molecule has 7 nitrogen and oxygen atoms in total. The maximum absolute atomic E-state index is 11.9. The summed E-state index contributed by atoms with van der Waals surface area (Å²) >= 11 is 0. The Morgan fingerprint density at radius 3 is 2.29 bits per heavy atom. The molecule has 1 amide bonds. The summed E-state index contributed by atoms with van der Waals surface area (Å²) in [6, 6.07) is 6.03. The monoisotopic (exact) mass is 336 g/mol. The molecule has 0 fully saturated rings. The van der Waals surface area contributed by atoms with E-state index in [1.165, 1.54) is 0 Å². The maximum atomic E-state index is 11.9. The number of aliphatic carboxylic acids is 1. The van der Waals surface area contributed by atoms with Gasteiger partial charge < -0.3 is 20.9 Å². The predicted molar refractivity (Wildman–Crippen MR) is 89.6 cm³/mol. The fourth-order valence-corrected chi connectivity index (χ4v) is 2.34. The highest BCUT2D eigenvalue weighted by molar-refractivity contribution is 5.80. The number of esters is 1. The van der Waals surface area contributed by atoms with Crippen LogP contribution in [0.15, 0.2) is 24.3 Å². The van der Waals surface area contributed by atoms with Crippen molar-refractivity contribution >= 4 is 23.5 Å². The summed E-state index contributed by atoms with van der Waals surface area (Å²) < 4.78 is 5.05. The first-order valence-electron chi connectivity index (χ1n) is 7.93. The van der Waals surface area contributed by atoms with Crippen molar-refractivity contribution in [1.82, 2.24) is 0 Å². The second-order valence-electron chi connectivity index (χ2n) is 5.38. The lowest BCUT2D eigenvalue weighted by Gasteiger charge is -2.17. The Kier molecular flexibility index (Phi) is 7.74. The molecule has 0 saturated carbocycles. The molecule has 0 saturated heterocycles. The molecular formula is C17H24N2O5. The van der Waals surface area contributed by atoms with Crippen molar-refractivity contribution in [2.24, 2.45) is 5.73 Å². The number of ether oxygens (including phenoxy) is 1. The standard InChI is InChI=1S/C17H24N2O5/c1-3-13(17(23)24-4-2)11-5-7-12(8-6-11)19-14(16(21)22)9-10-15(18)20/h5-8,13-14,19H,3-4,9-10H2,1-2H3,(H2,18,20)(H,21,22)/t13?,14-/m0/s1. The molecule has 1 aromatic rings. The lowest BCUT2D eigenvalue weighted by molar-refractivity contribution is -0.145. The van der Waals surface area contributed by atoms with Crippen LogP contribution in [0.2, 0.25) is 0 Å². The normalized spacial score (nSPS) is 12.9. The minimum Gasteiger partial charge on any atom is -0.480 e. The van der Waals surface area contributed by atoms with Crippen molar-refractivity contribution in [3.05, 3.63) is 29.8 Å². The summed E-state index contributed by atoms with van der Waals surface area (Å²) in [4.78, 5) is 33.9. The molecule has 7 heteroatoms. The average Bonchev–Trinajstić information content (AvgIpc) is 2.53. The Bertz CT molecular complexity index is 571. The van der Waals surface area contributed by atoms with E-state index in [2.05, 4.69) is 5.32 Å². The number of carboxylic acid groups (broad SMARTS) is 1. The number of benzene rings is 1. The largest absolute Gasteiger partial charge is 0.480 e. The predicted octanol–water partition coefficient (Wildman–Crippen LogP) is 1.87. The number of carbonyl (C=O) groups is 3. The second kappa shape index (κ2) is 9.54. The van der Waals surface area contributed by atoms with Gasteiger partial charge in [0, 0.05) is 12.1 Å². The van der Waals surface area contributed by atoms with Crippen LogP contribution in [0.4, 0.5) is 5.69 Å². The van der Waals surface area contributed by atoms with Crippen LogP contribution < -0.4 is 11.1 Å². The van der Waals surface area contributed by atoms with E-state index < -0.39 is 17.9 Å². The molecule has 0 heterocycles. The lowest BCUT2D eigenvalue weighted by atomic mass is 9.96. The van der Waals surface area contributed by atoms with Gasteiger partial charge in [0.05, 0.1) is 12.5 Å². The Morgan fingerprint density at radius 2 is 1.83 bits per heavy atom. The average molecular weight is 336 g/mol. The van der Waals surface area contributed by atoms with Crippen LogP contribution >= 0.6 is 0 Å². The molecule has 1 rings (SSSR count). The van der Waals surface area contributed by atoms with Gasteiger partial charge in [-0.2, -0.15) is 0 Å². The number of anilines is 1. The smallest absolute Gasteiger partial charge is 0.326 e. The van der Waals surface area contributed by atoms with Crippen molar-refractivity contribution < 1.29 is 24.2 Å². The van der Waals surface area contributed by atoms with Crippen molar-refractivity contribution in [2.75, 3.05) is 11.9 Å². The van der Waals surface area contributed by atoms with Crippen LogP contribution in [0.1, 0.15) is 44.6 Å². The van der Waals surface area contributed by atoms with E-state index in [-0.39, 0.29) is 24.7 Å². The maximum Gasteiger partial charge on any atom is 0.326 e. The fraction of sp³-hybridized carbons (Fsp3) is 0.471. The molecule has 1 unspecified atom stereocenters. The number of carbonyl (C=O) groups excluding carboxylic acids is 2. The third-order valence-electron chi connectivity index (χ3n) is 3.61. The van der Waals surface area contributed by atoms with Crippen LogP contribution in [0.3, 0.4) is 0 Å². The Morgan fingerprint density at radius 1 is 1.21 bits per heavy atom. The highest BCUT2D eigenvalue weighted by atomic mass is 16.5. The molecule has 2 atom stereocenters. The number of nitrogens with one attached hydrogen (secondary N) is 1. The minimum absolute atomic E-state index is 0.0111. The molecule has 0 spiro atoms. The third-order valence-corrected chi connectivity index (χ3v) is 3.61. The lowest BCUT2D eigenvalue weighted by Crippen LogP contribution is -2.30. The molecule has 0 radical (unpaired) electrons. The molecule has 24 heavy (non-hydrogen) atoms. The van der Waals surface area contributed by atoms with Crippen molar-refractivity contribution in [3.8, 4) is 0 Å². The van der Waals surface area contributed by atoms with Gasteiger partial charge in [-0.25, -0.2) is 4.79 Å². The zero-order chi connectivity index (χ0) is 18.1. The van der Waals surface area contributed by atoms with Crippen LogP contribution in [0.5, 0.6) is 0 Å². The number of hydrogen-bond donors (Lipinski definition) is 3. The number of amides is 1. The van der Waals surface area contributed by atoms with E-state index in [1.54, 1.807) is 31.2 Å². The molecule has 0 aliphatic rings. The van der Waals surface area contributed by atoms with E-state index in [0.29, 0.717) is 18.7 Å². The first-order valence-corrected chi connectivity index (χ1v) is 7.93. The van der Waals surface area contributed by atoms with Gasteiger partial charge in [-0.15, -0.1) is 0 Å². The first kappa shape index (κ1) is 19.5. The summed E-state index contributed by atoms with van der Waals surface area (Å²) in [5.41, 5.74) is 6.45. The van der Waals surface area contributed by atoms with Gasteiger partial charge in [-0.1, -0.05) is 19.1 Å². The van der Waals surface area contributed by atoms with Gasteiger partial charge in [0.2, 0.25) is 5.91 Å². The zero-order valence-corrected chi connectivity index (χ0v) is 14.0. The highest BCUT2D eigenvalue weighted by Gasteiger charge is 2.21. The topological polar surface area (TPSA) is 119 Å². The van der Waals surface area contributed by atoms with E-state index in [4.69, 9.17) is 10.5 Å². The number of rotatable bonds is 10. The van der Waals surface area contributed by atoms with E-state index >= 15 is 0 Å². The Balaban J connectivity index is 2.79. The Labute approximate surface area is 141 Å². The molecule has 1 aromatic carbocycles. The second-order valence-corrected chi connectivity index (χ2v) is 5.38. The van der Waals surface area contributed by atoms with Gasteiger partial charge in [0.25, 0.3) is 0 Å². The molecule has 0 bridgehead atoms. The van der Waals surface area contributed by atoms with E-state index in [0.717, 1.165) is 5.56 Å². The summed E-state index contributed by atoms with van der Waals surface area (Å²) in [5.74, 6) is -2.22. The number of carboxylic acids is 1. The molecule has 0 aliphatic heterocycles. The van der Waals surface area contributed by atoms with Crippen LogP contribution in [0.25, 0.3) is 0 Å². The zero-order valence-electron chi connectivity index (χ0n) is 14.0. The summed E-state index contributed by atoms with van der Waals surface area (Å²) in [6.07, 6.45) is 0.706. The van der Waals surface area contributed by atoms with Crippen LogP contribution in [0, 0.1) is 0 Å². The molecule has 0 aliphatic carbocycles. The number of nitrogens with two attached hydrogens (primary N) is 1. The SMILES string of the molecule is CCOC(=O)C(CC)c1ccc(N[C@@H](CCC(N)=O)C(=O)O)cc1. The summed E-state index contributed by atoms with van der Waals surface area (Å²) in [7, 11) is 0. The van der Waals surface area contributed by atoms with Crippen LogP contribution in [-0.2, 0) is 19.1 Å². The molecular weight excluding hydrogens is 312 g/mol. The summed E-state index contributed by atoms with van der Waals surface area (Å²) in [5, 5.41) is 12.0. The highest BCUT2D eigenvalue weighted by Crippen LogP contribution is 2.23. The van der Waals surface area contributed by atoms with Gasteiger partial charge >= 0.3 is 11.9 Å². The third kappa shape index (κ3) is 5.91. The van der Waals surface area contributed by atoms with Gasteiger partial charge in [-0.05, 0) is 37.5 Å².